The molecule has 2 rings (SSSR count). The zero-order chi connectivity index (χ0) is 16.2. The van der Waals surface area contributed by atoms with Gasteiger partial charge in [0.05, 0.1) is 11.4 Å². The fourth-order valence-electron chi connectivity index (χ4n) is 1.61. The maximum absolute atomic E-state index is 12.0. The summed E-state index contributed by atoms with van der Waals surface area (Å²) < 4.78 is 26.5. The van der Waals surface area contributed by atoms with Gasteiger partial charge in [-0.3, -0.25) is 4.72 Å². The van der Waals surface area contributed by atoms with Gasteiger partial charge >= 0.3 is 5.97 Å². The molecule has 0 unspecified atom stereocenters. The normalized spacial score (nSPS) is 11.4. The maximum atomic E-state index is 12.0. The molecule has 0 aliphatic rings. The van der Waals surface area contributed by atoms with Crippen LogP contribution >= 0.6 is 11.3 Å². The van der Waals surface area contributed by atoms with E-state index in [1.54, 1.807) is 11.4 Å². The molecule has 0 saturated heterocycles. The quantitative estimate of drug-likeness (QED) is 0.742. The first-order chi connectivity index (χ1) is 10.4. The summed E-state index contributed by atoms with van der Waals surface area (Å²) in [6.45, 7) is 3.13. The Balaban J connectivity index is 2.27. The summed E-state index contributed by atoms with van der Waals surface area (Å²) in [5.74, 6) is -0.401. The lowest BCUT2D eigenvalue weighted by atomic mass is 10.4. The number of aromatic nitrogens is 4. The van der Waals surface area contributed by atoms with Crippen molar-refractivity contribution in [3.05, 3.63) is 11.4 Å². The van der Waals surface area contributed by atoms with Crippen molar-refractivity contribution in [1.82, 2.24) is 20.4 Å². The van der Waals surface area contributed by atoms with Crippen molar-refractivity contribution in [1.29, 1.82) is 0 Å². The van der Waals surface area contributed by atoms with E-state index in [1.165, 1.54) is 18.3 Å². The molecule has 0 amide bonds. The highest BCUT2D eigenvalue weighted by atomic mass is 32.2. The van der Waals surface area contributed by atoms with Crippen molar-refractivity contribution in [2.75, 3.05) is 10.5 Å². The van der Waals surface area contributed by atoms with Crippen LogP contribution in [0, 0.1) is 0 Å². The molecule has 120 valence electrons. The molecule has 0 fully saturated rings. The molecule has 0 aliphatic carbocycles. The molecule has 0 bridgehead atoms. The third kappa shape index (κ3) is 4.01. The molecular formula is C11H15N5O4S2. The van der Waals surface area contributed by atoms with Crippen LogP contribution in [0.2, 0.25) is 0 Å². The fraction of sp³-hybridized carbons (Fsp3) is 0.455. The van der Waals surface area contributed by atoms with Gasteiger partial charge in [0.15, 0.2) is 0 Å². The molecule has 0 radical (unpaired) electrons. The number of nitrogens with one attached hydrogen (secondary N) is 1. The molecule has 0 aromatic carbocycles. The van der Waals surface area contributed by atoms with Crippen LogP contribution in [0.4, 0.5) is 5.69 Å². The number of thiophene rings is 1. The number of carbonyl (C=O) groups excluding carboxylic acids is 1. The summed E-state index contributed by atoms with van der Waals surface area (Å²) in [5.41, 5.74) is 0.351. The Hall–Kier alpha value is -2.01. The van der Waals surface area contributed by atoms with E-state index in [0.717, 1.165) is 11.3 Å². The van der Waals surface area contributed by atoms with Crippen molar-refractivity contribution >= 4 is 33.0 Å². The number of tetrazole rings is 1. The Labute approximate surface area is 131 Å². The largest absolute Gasteiger partial charge is 0.332 e. The minimum Gasteiger partial charge on any atom is -0.316 e. The van der Waals surface area contributed by atoms with E-state index in [1.807, 2.05) is 6.92 Å². The topological polar surface area (TPSA) is 116 Å². The first kappa shape index (κ1) is 16.4. The van der Waals surface area contributed by atoms with Gasteiger partial charge in [-0.1, -0.05) is 13.3 Å². The average Bonchev–Trinajstić information content (AvgIpc) is 3.04. The highest BCUT2D eigenvalue weighted by molar-refractivity contribution is 7.92. The number of rotatable bonds is 7. The molecular weight excluding hydrogens is 330 g/mol. The lowest BCUT2D eigenvalue weighted by Crippen LogP contribution is -2.20. The van der Waals surface area contributed by atoms with E-state index in [9.17, 15) is 13.2 Å². The van der Waals surface area contributed by atoms with Crippen molar-refractivity contribution in [2.24, 2.45) is 0 Å². The summed E-state index contributed by atoms with van der Waals surface area (Å²) in [6, 6.07) is 1.61. The second kappa shape index (κ2) is 6.83. The lowest BCUT2D eigenvalue weighted by Gasteiger charge is -2.08. The monoisotopic (exact) mass is 345 g/mol. The lowest BCUT2D eigenvalue weighted by molar-refractivity contribution is -0.143. The van der Waals surface area contributed by atoms with Gasteiger partial charge in [0, 0.05) is 6.92 Å². The van der Waals surface area contributed by atoms with Crippen LogP contribution in [-0.2, 0) is 14.8 Å². The Morgan fingerprint density at radius 1 is 1.50 bits per heavy atom. The van der Waals surface area contributed by atoms with Crippen LogP contribution < -0.4 is 9.56 Å². The van der Waals surface area contributed by atoms with Gasteiger partial charge in [0.1, 0.15) is 4.88 Å². The van der Waals surface area contributed by atoms with Crippen molar-refractivity contribution < 1.29 is 18.0 Å². The van der Waals surface area contributed by atoms with E-state index in [0.29, 0.717) is 17.0 Å². The standard InChI is InChI=1S/C11H15N5O4S2/c1-3-4-7-22(18,19)13-9-5-6-21-10(9)11-12-14-15-16(11)20-8(2)17/h5-6,13H,3-4,7H2,1-2H3. The summed E-state index contributed by atoms with van der Waals surface area (Å²) >= 11 is 1.23. The Bertz CT molecular complexity index is 752. The molecule has 2 aromatic rings. The summed E-state index contributed by atoms with van der Waals surface area (Å²) in [6.07, 6.45) is 1.35. The third-order valence-corrected chi connectivity index (χ3v) is 4.82. The minimum atomic E-state index is -3.45. The minimum absolute atomic E-state index is 0.0354. The summed E-state index contributed by atoms with van der Waals surface area (Å²) in [5, 5.41) is 12.4. The zero-order valence-electron chi connectivity index (χ0n) is 12.0. The second-order valence-corrected chi connectivity index (χ2v) is 7.15. The number of hydrogen-bond donors (Lipinski definition) is 1. The van der Waals surface area contributed by atoms with E-state index < -0.39 is 16.0 Å². The molecule has 0 atom stereocenters. The molecule has 2 heterocycles. The van der Waals surface area contributed by atoms with Crippen molar-refractivity contribution in [2.45, 2.75) is 26.7 Å². The van der Waals surface area contributed by atoms with Crippen LogP contribution in [0.1, 0.15) is 26.7 Å². The van der Waals surface area contributed by atoms with Gasteiger partial charge < -0.3 is 4.84 Å². The van der Waals surface area contributed by atoms with E-state index in [2.05, 4.69) is 20.2 Å². The molecule has 0 spiro atoms. The van der Waals surface area contributed by atoms with Gasteiger partial charge in [0.25, 0.3) is 0 Å². The number of nitrogens with zero attached hydrogens (tertiary/aromatic N) is 4. The molecule has 2 aromatic heterocycles. The molecule has 11 heteroatoms. The van der Waals surface area contributed by atoms with Gasteiger partial charge in [-0.2, -0.15) is 0 Å². The number of carbonyl (C=O) groups is 1. The Kier molecular flexibility index (Phi) is 5.08. The Morgan fingerprint density at radius 2 is 2.27 bits per heavy atom. The van der Waals surface area contributed by atoms with E-state index >= 15 is 0 Å². The molecule has 1 N–H and O–H groups in total. The van der Waals surface area contributed by atoms with Crippen molar-refractivity contribution in [3.8, 4) is 10.7 Å². The van der Waals surface area contributed by atoms with Crippen LogP contribution in [0.15, 0.2) is 11.4 Å². The predicted molar refractivity (Wildman–Crippen MR) is 80.7 cm³/mol. The first-order valence-electron chi connectivity index (χ1n) is 6.48. The SMILES string of the molecule is CCCCS(=O)(=O)Nc1ccsc1-c1nnnn1OC(C)=O. The molecule has 0 aliphatic heterocycles. The maximum Gasteiger partial charge on any atom is 0.332 e. The van der Waals surface area contributed by atoms with Crippen LogP contribution in [0.5, 0.6) is 0 Å². The van der Waals surface area contributed by atoms with E-state index in [4.69, 9.17) is 4.84 Å². The van der Waals surface area contributed by atoms with Crippen molar-refractivity contribution in [3.63, 3.8) is 0 Å². The number of hydrogen-bond acceptors (Lipinski definition) is 8. The summed E-state index contributed by atoms with van der Waals surface area (Å²) in [4.78, 5) is 17.2. The average molecular weight is 345 g/mol. The van der Waals surface area contributed by atoms with Crippen LogP contribution in [0.3, 0.4) is 0 Å². The predicted octanol–water partition coefficient (Wildman–Crippen LogP) is 0.919. The van der Waals surface area contributed by atoms with Crippen LogP contribution in [0.25, 0.3) is 10.7 Å². The summed E-state index contributed by atoms with van der Waals surface area (Å²) in [7, 11) is -3.45. The van der Waals surface area contributed by atoms with Gasteiger partial charge in [-0.25, -0.2) is 13.2 Å². The second-order valence-electron chi connectivity index (χ2n) is 4.40. The van der Waals surface area contributed by atoms with Gasteiger partial charge in [-0.05, 0) is 33.1 Å². The Morgan fingerprint density at radius 3 is 2.95 bits per heavy atom. The highest BCUT2D eigenvalue weighted by Gasteiger charge is 2.20. The first-order valence-corrected chi connectivity index (χ1v) is 9.02. The zero-order valence-corrected chi connectivity index (χ0v) is 13.6. The van der Waals surface area contributed by atoms with E-state index in [-0.39, 0.29) is 11.6 Å². The molecule has 22 heavy (non-hydrogen) atoms. The number of sulfonamides is 1. The van der Waals surface area contributed by atoms with Gasteiger partial charge in [0.2, 0.25) is 15.8 Å². The molecule has 9 nitrogen and oxygen atoms in total. The fourth-order valence-corrected chi connectivity index (χ4v) is 3.76. The molecule has 0 saturated carbocycles. The smallest absolute Gasteiger partial charge is 0.316 e. The highest BCUT2D eigenvalue weighted by Crippen LogP contribution is 2.32. The third-order valence-electron chi connectivity index (χ3n) is 2.56. The van der Waals surface area contributed by atoms with Crippen LogP contribution in [-0.4, -0.2) is 40.5 Å². The number of unbranched alkanes of at least 4 members (excludes halogenated alkanes) is 1. The number of anilines is 1. The van der Waals surface area contributed by atoms with Gasteiger partial charge in [-0.15, -0.1) is 16.4 Å².